The number of para-hydroxylation sites is 1. The van der Waals surface area contributed by atoms with Crippen LogP contribution >= 0.6 is 0 Å². The Hall–Kier alpha value is -3.48. The molecule has 0 saturated heterocycles. The standard InChI is InChI=1S/C25H26N4O3/c30-24-12-11-22(18-5-3-13-26-15-18)28-29(24)21-9-7-20(8-10-21)27-25(31)19-14-17-4-1-2-6-23(17)32-16-19/h1-6,11-13,15,19-21H,7-10,14,16H2,(H,27,31). The van der Waals surface area contributed by atoms with Crippen LogP contribution in [0.1, 0.15) is 37.3 Å². The van der Waals surface area contributed by atoms with E-state index in [4.69, 9.17) is 4.74 Å². The predicted octanol–water partition coefficient (Wildman–Crippen LogP) is 3.16. The Morgan fingerprint density at radius 3 is 2.69 bits per heavy atom. The molecule has 1 saturated carbocycles. The van der Waals surface area contributed by atoms with Crippen molar-refractivity contribution < 1.29 is 9.53 Å². The minimum atomic E-state index is -0.164. The van der Waals surface area contributed by atoms with Crippen molar-refractivity contribution in [1.82, 2.24) is 20.1 Å². The fraction of sp³-hybridized carbons (Fsp3) is 0.360. The van der Waals surface area contributed by atoms with E-state index in [0.29, 0.717) is 13.0 Å². The Kier molecular flexibility index (Phi) is 5.71. The first kappa shape index (κ1) is 20.4. The van der Waals surface area contributed by atoms with E-state index in [9.17, 15) is 9.59 Å². The molecule has 1 aromatic carbocycles. The fourth-order valence-electron chi connectivity index (χ4n) is 4.64. The number of amides is 1. The Balaban J connectivity index is 1.20. The van der Waals surface area contributed by atoms with Gasteiger partial charge < -0.3 is 10.1 Å². The Bertz CT molecular complexity index is 1150. The van der Waals surface area contributed by atoms with Gasteiger partial charge in [-0.05, 0) is 61.9 Å². The number of nitrogens with zero attached hydrogens (tertiary/aromatic N) is 3. The van der Waals surface area contributed by atoms with Gasteiger partial charge in [0.1, 0.15) is 12.4 Å². The quantitative estimate of drug-likeness (QED) is 0.687. The van der Waals surface area contributed by atoms with Crippen LogP contribution in [0, 0.1) is 5.92 Å². The summed E-state index contributed by atoms with van der Waals surface area (Å²) in [6.45, 7) is 0.415. The molecule has 1 unspecified atom stereocenters. The third-order valence-electron chi connectivity index (χ3n) is 6.42. The van der Waals surface area contributed by atoms with Gasteiger partial charge in [-0.3, -0.25) is 14.6 Å². The molecular formula is C25H26N4O3. The first-order chi connectivity index (χ1) is 15.7. The van der Waals surface area contributed by atoms with Crippen molar-refractivity contribution in [3.63, 3.8) is 0 Å². The number of hydrogen-bond acceptors (Lipinski definition) is 5. The summed E-state index contributed by atoms with van der Waals surface area (Å²) in [6, 6.07) is 15.2. The van der Waals surface area contributed by atoms with Gasteiger partial charge in [0.2, 0.25) is 5.91 Å². The van der Waals surface area contributed by atoms with E-state index >= 15 is 0 Å². The van der Waals surface area contributed by atoms with Gasteiger partial charge in [0, 0.05) is 30.1 Å². The highest BCUT2D eigenvalue weighted by molar-refractivity contribution is 5.80. The molecular weight excluding hydrogens is 404 g/mol. The fourth-order valence-corrected chi connectivity index (χ4v) is 4.64. The maximum absolute atomic E-state index is 12.8. The Morgan fingerprint density at radius 1 is 1.03 bits per heavy atom. The summed E-state index contributed by atoms with van der Waals surface area (Å²) in [4.78, 5) is 29.4. The molecule has 32 heavy (non-hydrogen) atoms. The summed E-state index contributed by atoms with van der Waals surface area (Å²) in [5, 5.41) is 7.82. The second kappa shape index (κ2) is 8.94. The number of hydrogen-bond donors (Lipinski definition) is 1. The smallest absolute Gasteiger partial charge is 0.267 e. The molecule has 7 nitrogen and oxygen atoms in total. The summed E-state index contributed by atoms with van der Waals surface area (Å²) in [7, 11) is 0. The molecule has 1 aliphatic heterocycles. The van der Waals surface area contributed by atoms with Crippen LogP contribution in [0.25, 0.3) is 11.3 Å². The highest BCUT2D eigenvalue weighted by Crippen LogP contribution is 2.30. The van der Waals surface area contributed by atoms with Crippen LogP contribution in [0.2, 0.25) is 0 Å². The Morgan fingerprint density at radius 2 is 1.88 bits per heavy atom. The monoisotopic (exact) mass is 430 g/mol. The number of rotatable bonds is 4. The highest BCUT2D eigenvalue weighted by Gasteiger charge is 2.30. The second-order valence-corrected chi connectivity index (χ2v) is 8.58. The van der Waals surface area contributed by atoms with Crippen molar-refractivity contribution in [1.29, 1.82) is 0 Å². The number of carbonyl (C=O) groups excluding carboxylic acids is 1. The number of pyridine rings is 1. The van der Waals surface area contributed by atoms with Crippen molar-refractivity contribution in [3.8, 4) is 17.0 Å². The molecule has 3 aromatic rings. The lowest BCUT2D eigenvalue weighted by atomic mass is 9.90. The summed E-state index contributed by atoms with van der Waals surface area (Å²) < 4.78 is 7.37. The maximum Gasteiger partial charge on any atom is 0.267 e. The van der Waals surface area contributed by atoms with E-state index in [2.05, 4.69) is 15.4 Å². The molecule has 0 spiro atoms. The lowest BCUT2D eigenvalue weighted by Crippen LogP contribution is -2.44. The van der Waals surface area contributed by atoms with Gasteiger partial charge >= 0.3 is 0 Å². The van der Waals surface area contributed by atoms with Gasteiger partial charge in [-0.25, -0.2) is 4.68 Å². The van der Waals surface area contributed by atoms with Crippen LogP contribution in [0.4, 0.5) is 0 Å². The molecule has 0 radical (unpaired) electrons. The molecule has 3 heterocycles. The molecule has 1 N–H and O–H groups in total. The average Bonchev–Trinajstić information content (AvgIpc) is 2.85. The van der Waals surface area contributed by atoms with Crippen molar-refractivity contribution >= 4 is 5.91 Å². The molecule has 5 rings (SSSR count). The van der Waals surface area contributed by atoms with Crippen molar-refractivity contribution in [2.45, 2.75) is 44.2 Å². The van der Waals surface area contributed by atoms with E-state index < -0.39 is 0 Å². The largest absolute Gasteiger partial charge is 0.492 e. The van der Waals surface area contributed by atoms with Crippen LogP contribution in [0.5, 0.6) is 5.75 Å². The predicted molar refractivity (Wildman–Crippen MR) is 120 cm³/mol. The number of aromatic nitrogens is 3. The van der Waals surface area contributed by atoms with Gasteiger partial charge in [0.15, 0.2) is 0 Å². The summed E-state index contributed by atoms with van der Waals surface area (Å²) in [5.41, 5.74) is 2.62. The number of carbonyl (C=O) groups is 1. The van der Waals surface area contributed by atoms with Gasteiger partial charge in [0.05, 0.1) is 17.7 Å². The zero-order valence-corrected chi connectivity index (χ0v) is 17.8. The average molecular weight is 431 g/mol. The molecule has 1 atom stereocenters. The summed E-state index contributed by atoms with van der Waals surface area (Å²) in [6.07, 6.45) is 7.43. The first-order valence-electron chi connectivity index (χ1n) is 11.2. The number of benzene rings is 1. The summed E-state index contributed by atoms with van der Waals surface area (Å²) in [5.74, 6) is 0.767. The first-order valence-corrected chi connectivity index (χ1v) is 11.2. The van der Waals surface area contributed by atoms with Gasteiger partial charge in [-0.2, -0.15) is 5.10 Å². The van der Waals surface area contributed by atoms with Crippen LogP contribution in [0.3, 0.4) is 0 Å². The molecule has 1 fully saturated rings. The number of nitrogens with one attached hydrogen (secondary N) is 1. The van der Waals surface area contributed by atoms with Gasteiger partial charge in [0.25, 0.3) is 5.56 Å². The lowest BCUT2D eigenvalue weighted by Gasteiger charge is -2.31. The molecule has 7 heteroatoms. The lowest BCUT2D eigenvalue weighted by molar-refractivity contribution is -0.127. The zero-order chi connectivity index (χ0) is 21.9. The molecule has 164 valence electrons. The van der Waals surface area contributed by atoms with Crippen molar-refractivity contribution in [3.05, 3.63) is 76.8 Å². The van der Waals surface area contributed by atoms with Crippen molar-refractivity contribution in [2.24, 2.45) is 5.92 Å². The third-order valence-corrected chi connectivity index (χ3v) is 6.42. The van der Waals surface area contributed by atoms with E-state index in [-0.39, 0.29) is 29.5 Å². The van der Waals surface area contributed by atoms with E-state index in [0.717, 1.165) is 48.3 Å². The third kappa shape index (κ3) is 4.28. The van der Waals surface area contributed by atoms with E-state index in [1.54, 1.807) is 29.2 Å². The summed E-state index contributed by atoms with van der Waals surface area (Å²) >= 11 is 0. The number of ether oxygens (including phenoxy) is 1. The topological polar surface area (TPSA) is 86.1 Å². The van der Waals surface area contributed by atoms with Gasteiger partial charge in [-0.15, -0.1) is 0 Å². The normalized spacial score (nSPS) is 22.4. The zero-order valence-electron chi connectivity index (χ0n) is 17.8. The molecule has 2 aliphatic rings. The molecule has 1 aliphatic carbocycles. The minimum absolute atomic E-state index is 0.0390. The number of fused-ring (bicyclic) bond motifs is 1. The van der Waals surface area contributed by atoms with E-state index in [1.165, 1.54) is 0 Å². The highest BCUT2D eigenvalue weighted by atomic mass is 16.5. The van der Waals surface area contributed by atoms with Gasteiger partial charge in [-0.1, -0.05) is 18.2 Å². The van der Waals surface area contributed by atoms with Crippen LogP contribution < -0.4 is 15.6 Å². The van der Waals surface area contributed by atoms with Crippen molar-refractivity contribution in [2.75, 3.05) is 6.61 Å². The minimum Gasteiger partial charge on any atom is -0.492 e. The molecule has 2 aromatic heterocycles. The Labute approximate surface area is 186 Å². The van der Waals surface area contributed by atoms with E-state index in [1.807, 2.05) is 36.4 Å². The second-order valence-electron chi connectivity index (χ2n) is 8.58. The maximum atomic E-state index is 12.8. The molecule has 1 amide bonds. The SMILES string of the molecule is O=C(NC1CCC(n2nc(-c3cccnc3)ccc2=O)CC1)C1COc2ccccc2C1. The van der Waals surface area contributed by atoms with Crippen LogP contribution in [-0.4, -0.2) is 33.3 Å². The van der Waals surface area contributed by atoms with Crippen LogP contribution in [-0.2, 0) is 11.2 Å². The molecule has 0 bridgehead atoms. The van der Waals surface area contributed by atoms with Crippen LogP contribution in [0.15, 0.2) is 65.7 Å².